The van der Waals surface area contributed by atoms with Crippen molar-refractivity contribution in [3.05, 3.63) is 53.6 Å². The van der Waals surface area contributed by atoms with Crippen LogP contribution in [-0.4, -0.2) is 42.1 Å². The third-order valence-corrected chi connectivity index (χ3v) is 4.54. The van der Waals surface area contributed by atoms with Crippen LogP contribution in [0.15, 0.2) is 36.5 Å². The topological polar surface area (TPSA) is 69.3 Å². The van der Waals surface area contributed by atoms with E-state index in [1.807, 2.05) is 6.92 Å². The minimum atomic E-state index is -0.500. The largest absolute Gasteiger partial charge is 0.323 e. The average molecular weight is 357 g/mol. The summed E-state index contributed by atoms with van der Waals surface area (Å²) in [7, 11) is 2.06. The summed E-state index contributed by atoms with van der Waals surface area (Å²) in [6, 6.07) is 8.35. The van der Waals surface area contributed by atoms with Crippen molar-refractivity contribution in [2.75, 3.05) is 30.8 Å². The first-order valence-corrected chi connectivity index (χ1v) is 8.71. The molecule has 0 bridgehead atoms. The number of pyridine rings is 1. The first-order chi connectivity index (χ1) is 12.5. The fourth-order valence-corrected chi connectivity index (χ4v) is 3.03. The molecule has 6 nitrogen and oxygen atoms in total. The molecule has 0 saturated carbocycles. The lowest BCUT2D eigenvalue weighted by Crippen LogP contribution is -2.32. The number of urea groups is 1. The van der Waals surface area contributed by atoms with E-state index in [1.54, 1.807) is 30.5 Å². The van der Waals surface area contributed by atoms with E-state index in [0.717, 1.165) is 30.8 Å². The monoisotopic (exact) mass is 357 g/mol. The highest BCUT2D eigenvalue weighted by molar-refractivity contribution is 5.99. The zero-order chi connectivity index (χ0) is 18.5. The molecule has 138 valence electrons. The van der Waals surface area contributed by atoms with Gasteiger partial charge in [-0.05, 0) is 56.8 Å². The van der Waals surface area contributed by atoms with E-state index in [1.165, 1.54) is 6.07 Å². The number of halogens is 1. The Labute approximate surface area is 152 Å². The van der Waals surface area contributed by atoms with Crippen LogP contribution < -0.4 is 16.0 Å². The minimum Gasteiger partial charge on any atom is -0.315 e. The number of hydrogen-bond donors (Lipinski definition) is 3. The number of aromatic nitrogens is 1. The molecule has 0 spiro atoms. The molecule has 1 aliphatic heterocycles. The zero-order valence-electron chi connectivity index (χ0n) is 15.1. The molecule has 1 aromatic carbocycles. The summed E-state index contributed by atoms with van der Waals surface area (Å²) in [5, 5.41) is 8.56. The maximum atomic E-state index is 14.1. The Bertz CT molecular complexity index is 759. The highest BCUT2D eigenvalue weighted by Gasteiger charge is 2.19. The molecule has 7 heteroatoms. The summed E-state index contributed by atoms with van der Waals surface area (Å²) in [5.41, 5.74) is 2.53. The zero-order valence-corrected chi connectivity index (χ0v) is 15.1. The molecule has 0 radical (unpaired) electrons. The second-order valence-corrected chi connectivity index (χ2v) is 6.64. The summed E-state index contributed by atoms with van der Waals surface area (Å²) in [4.78, 5) is 18.5. The summed E-state index contributed by atoms with van der Waals surface area (Å²) in [5.74, 6) is -0.462. The number of nitrogens with one attached hydrogen (secondary N) is 3. The Morgan fingerprint density at radius 2 is 2.19 bits per heavy atom. The van der Waals surface area contributed by atoms with Crippen LogP contribution in [0.2, 0.25) is 0 Å². The van der Waals surface area contributed by atoms with Gasteiger partial charge in [-0.2, -0.15) is 0 Å². The second kappa shape index (κ2) is 8.25. The van der Waals surface area contributed by atoms with Gasteiger partial charge in [0.25, 0.3) is 0 Å². The summed E-state index contributed by atoms with van der Waals surface area (Å²) in [6.45, 7) is 4.56. The Morgan fingerprint density at radius 3 is 2.88 bits per heavy atom. The molecule has 26 heavy (non-hydrogen) atoms. The molecule has 1 atom stereocenters. The summed E-state index contributed by atoms with van der Waals surface area (Å²) in [6.07, 6.45) is 2.67. The van der Waals surface area contributed by atoms with Gasteiger partial charge in [-0.3, -0.25) is 9.88 Å². The van der Waals surface area contributed by atoms with Gasteiger partial charge >= 0.3 is 6.03 Å². The van der Waals surface area contributed by atoms with Crippen LogP contribution in [0.4, 0.5) is 20.6 Å². The molecule has 1 fully saturated rings. The molecule has 3 rings (SSSR count). The lowest BCUT2D eigenvalue weighted by atomic mass is 10.1. The number of anilines is 2. The predicted molar refractivity (Wildman–Crippen MR) is 101 cm³/mol. The smallest absolute Gasteiger partial charge is 0.315 e. The van der Waals surface area contributed by atoms with Crippen LogP contribution in [0.3, 0.4) is 0 Å². The predicted octanol–water partition coefficient (Wildman–Crippen LogP) is 2.97. The van der Waals surface area contributed by atoms with Gasteiger partial charge in [0.1, 0.15) is 5.82 Å². The number of hydrogen-bond acceptors (Lipinski definition) is 4. The molecular formula is C19H24FN5O. The van der Waals surface area contributed by atoms with Crippen LogP contribution in [0.25, 0.3) is 0 Å². The quantitative estimate of drug-likeness (QED) is 0.770. The lowest BCUT2D eigenvalue weighted by Gasteiger charge is -2.23. The number of rotatable bonds is 5. The third-order valence-electron chi connectivity index (χ3n) is 4.54. The Morgan fingerprint density at radius 1 is 1.35 bits per heavy atom. The van der Waals surface area contributed by atoms with Gasteiger partial charge in [0.05, 0.1) is 17.6 Å². The molecule has 1 aliphatic rings. The van der Waals surface area contributed by atoms with Crippen molar-refractivity contribution >= 4 is 17.4 Å². The highest BCUT2D eigenvalue weighted by atomic mass is 19.1. The Balaban J connectivity index is 1.63. The van der Waals surface area contributed by atoms with Gasteiger partial charge in [-0.15, -0.1) is 0 Å². The molecule has 3 N–H and O–H groups in total. The first kappa shape index (κ1) is 18.3. The van der Waals surface area contributed by atoms with Gasteiger partial charge in [0, 0.05) is 24.8 Å². The van der Waals surface area contributed by atoms with Crippen molar-refractivity contribution in [3.8, 4) is 0 Å². The number of carbonyl (C=O) groups is 1. The standard InChI is InChI=1S/C19H24FN5O/c1-13-3-5-15(10-22-13)23-19(26)24-18-9-14(4-6-17(18)20)12-25(2)16-7-8-21-11-16/h3-6,9-10,16,21H,7-8,11-12H2,1-2H3,(H2,23,24,26)/t16-/m0/s1. The Hall–Kier alpha value is -2.51. The molecule has 2 heterocycles. The van der Waals surface area contributed by atoms with E-state index in [0.29, 0.717) is 18.3 Å². The maximum Gasteiger partial charge on any atom is 0.323 e. The third kappa shape index (κ3) is 4.77. The number of nitrogens with zero attached hydrogens (tertiary/aromatic N) is 2. The molecule has 2 aromatic rings. The summed E-state index contributed by atoms with van der Waals surface area (Å²) >= 11 is 0. The molecule has 1 saturated heterocycles. The normalized spacial score (nSPS) is 16.7. The maximum absolute atomic E-state index is 14.1. The summed E-state index contributed by atoms with van der Waals surface area (Å²) < 4.78 is 14.1. The Kier molecular flexibility index (Phi) is 5.80. The number of aryl methyl sites for hydroxylation is 1. The molecule has 0 aliphatic carbocycles. The molecule has 2 amide bonds. The van der Waals surface area contributed by atoms with E-state index in [4.69, 9.17) is 0 Å². The van der Waals surface area contributed by atoms with Crippen molar-refractivity contribution in [1.29, 1.82) is 0 Å². The van der Waals surface area contributed by atoms with E-state index >= 15 is 0 Å². The van der Waals surface area contributed by atoms with Gasteiger partial charge in [-0.1, -0.05) is 6.07 Å². The minimum absolute atomic E-state index is 0.165. The van der Waals surface area contributed by atoms with E-state index < -0.39 is 11.8 Å². The highest BCUT2D eigenvalue weighted by Crippen LogP contribution is 2.19. The molecule has 0 unspecified atom stereocenters. The first-order valence-electron chi connectivity index (χ1n) is 8.71. The van der Waals surface area contributed by atoms with E-state index in [-0.39, 0.29) is 5.69 Å². The number of likely N-dealkylation sites (N-methyl/N-ethyl adjacent to an activating group) is 1. The van der Waals surface area contributed by atoms with Crippen molar-refractivity contribution in [3.63, 3.8) is 0 Å². The number of carbonyl (C=O) groups excluding carboxylic acids is 1. The number of benzene rings is 1. The molecule has 1 aromatic heterocycles. The van der Waals surface area contributed by atoms with E-state index in [9.17, 15) is 9.18 Å². The molecular weight excluding hydrogens is 333 g/mol. The van der Waals surface area contributed by atoms with Gasteiger partial charge in [0.15, 0.2) is 0 Å². The van der Waals surface area contributed by atoms with Crippen molar-refractivity contribution in [2.45, 2.75) is 25.9 Å². The van der Waals surface area contributed by atoms with Gasteiger partial charge < -0.3 is 16.0 Å². The van der Waals surface area contributed by atoms with Crippen molar-refractivity contribution in [1.82, 2.24) is 15.2 Å². The van der Waals surface area contributed by atoms with Crippen LogP contribution in [-0.2, 0) is 6.54 Å². The lowest BCUT2D eigenvalue weighted by molar-refractivity contribution is 0.249. The average Bonchev–Trinajstić information content (AvgIpc) is 3.15. The van der Waals surface area contributed by atoms with Crippen molar-refractivity contribution < 1.29 is 9.18 Å². The van der Waals surface area contributed by atoms with Crippen molar-refractivity contribution in [2.24, 2.45) is 0 Å². The fraction of sp³-hybridized carbons (Fsp3) is 0.368. The van der Waals surface area contributed by atoms with Gasteiger partial charge in [-0.25, -0.2) is 9.18 Å². The van der Waals surface area contributed by atoms with Crippen LogP contribution in [0, 0.1) is 12.7 Å². The van der Waals surface area contributed by atoms with Crippen LogP contribution in [0.5, 0.6) is 0 Å². The van der Waals surface area contributed by atoms with Crippen LogP contribution >= 0.6 is 0 Å². The van der Waals surface area contributed by atoms with Crippen LogP contribution in [0.1, 0.15) is 17.7 Å². The number of amides is 2. The second-order valence-electron chi connectivity index (χ2n) is 6.64. The van der Waals surface area contributed by atoms with Gasteiger partial charge in [0.2, 0.25) is 0 Å². The fourth-order valence-electron chi connectivity index (χ4n) is 3.03. The van der Waals surface area contributed by atoms with E-state index in [2.05, 4.69) is 32.9 Å². The SMILES string of the molecule is Cc1ccc(NC(=O)Nc2cc(CN(C)[C@H]3CCNC3)ccc2F)cn1.